The van der Waals surface area contributed by atoms with E-state index in [1.807, 2.05) is 0 Å². The van der Waals surface area contributed by atoms with Crippen LogP contribution in [0.15, 0.2) is 69.3 Å². The van der Waals surface area contributed by atoms with Crippen molar-refractivity contribution in [2.45, 2.75) is 16.5 Å². The third-order valence-electron chi connectivity index (χ3n) is 3.57. The lowest BCUT2D eigenvalue weighted by molar-refractivity contribution is 0.466. The average Bonchev–Trinajstić information content (AvgIpc) is 3.09. The maximum Gasteiger partial charge on any atom is 0.256 e. The van der Waals surface area contributed by atoms with Crippen LogP contribution in [0.4, 0.5) is 8.78 Å². The molecule has 0 saturated heterocycles. The summed E-state index contributed by atoms with van der Waals surface area (Å²) in [4.78, 5) is 4.24. The van der Waals surface area contributed by atoms with Gasteiger partial charge in [0, 0.05) is 11.3 Å². The SMILES string of the molecule is O=S(=O)(CCCSc1ncc(-c2ccc(F)cc2)o1)c1ccc(F)cc1. The number of thioether (sulfide) groups is 1. The molecule has 136 valence electrons. The highest BCUT2D eigenvalue weighted by Gasteiger charge is 2.14. The number of rotatable bonds is 7. The van der Waals surface area contributed by atoms with E-state index < -0.39 is 15.7 Å². The molecule has 0 radical (unpaired) electrons. The Morgan fingerprint density at radius 3 is 2.23 bits per heavy atom. The van der Waals surface area contributed by atoms with Crippen LogP contribution in [0.3, 0.4) is 0 Å². The van der Waals surface area contributed by atoms with Gasteiger partial charge in [0.1, 0.15) is 11.6 Å². The maximum atomic E-state index is 12.9. The molecule has 0 saturated carbocycles. The minimum Gasteiger partial charge on any atom is -0.431 e. The van der Waals surface area contributed by atoms with Gasteiger partial charge in [0.15, 0.2) is 15.6 Å². The summed E-state index contributed by atoms with van der Waals surface area (Å²) >= 11 is 1.30. The number of halogens is 2. The molecule has 3 aromatic rings. The van der Waals surface area contributed by atoms with Crippen molar-refractivity contribution in [2.75, 3.05) is 11.5 Å². The molecule has 0 aliphatic rings. The number of aromatic nitrogens is 1. The van der Waals surface area contributed by atoms with Gasteiger partial charge in [0.2, 0.25) is 0 Å². The first-order chi connectivity index (χ1) is 12.4. The van der Waals surface area contributed by atoms with Crippen LogP contribution < -0.4 is 0 Å². The lowest BCUT2D eigenvalue weighted by atomic mass is 10.2. The fourth-order valence-corrected chi connectivity index (χ4v) is 4.47. The summed E-state index contributed by atoms with van der Waals surface area (Å²) in [6.45, 7) is 0. The number of oxazole rings is 1. The topological polar surface area (TPSA) is 60.2 Å². The van der Waals surface area contributed by atoms with Crippen LogP contribution in [-0.2, 0) is 9.84 Å². The fourth-order valence-electron chi connectivity index (χ4n) is 2.24. The van der Waals surface area contributed by atoms with E-state index in [1.54, 1.807) is 18.3 Å². The van der Waals surface area contributed by atoms with Crippen LogP contribution in [0.25, 0.3) is 11.3 Å². The number of hydrogen-bond donors (Lipinski definition) is 0. The molecule has 4 nitrogen and oxygen atoms in total. The van der Waals surface area contributed by atoms with Gasteiger partial charge in [0.05, 0.1) is 16.8 Å². The Bertz CT molecular complexity index is 968. The van der Waals surface area contributed by atoms with Crippen molar-refractivity contribution < 1.29 is 21.6 Å². The second kappa shape index (κ2) is 8.01. The second-order valence-electron chi connectivity index (χ2n) is 5.47. The molecule has 0 bridgehead atoms. The summed E-state index contributed by atoms with van der Waals surface area (Å²) in [7, 11) is -3.44. The number of nitrogens with zero attached hydrogens (tertiary/aromatic N) is 1. The van der Waals surface area contributed by atoms with E-state index in [0.29, 0.717) is 28.7 Å². The van der Waals surface area contributed by atoms with Gasteiger partial charge in [-0.2, -0.15) is 0 Å². The zero-order valence-electron chi connectivity index (χ0n) is 13.6. The molecule has 0 spiro atoms. The van der Waals surface area contributed by atoms with E-state index in [4.69, 9.17) is 4.42 Å². The predicted molar refractivity (Wildman–Crippen MR) is 95.7 cm³/mol. The van der Waals surface area contributed by atoms with Crippen molar-refractivity contribution in [3.05, 3.63) is 66.4 Å². The van der Waals surface area contributed by atoms with Gasteiger partial charge < -0.3 is 4.42 Å². The third-order valence-corrected chi connectivity index (χ3v) is 6.31. The Morgan fingerprint density at radius 1 is 0.962 bits per heavy atom. The van der Waals surface area contributed by atoms with Crippen LogP contribution >= 0.6 is 11.8 Å². The molecule has 1 heterocycles. The molecule has 1 aromatic heterocycles. The largest absolute Gasteiger partial charge is 0.431 e. The highest BCUT2D eigenvalue weighted by Crippen LogP contribution is 2.26. The van der Waals surface area contributed by atoms with Crippen LogP contribution in [0.1, 0.15) is 6.42 Å². The Labute approximate surface area is 154 Å². The molecule has 3 rings (SSSR count). The van der Waals surface area contributed by atoms with E-state index >= 15 is 0 Å². The van der Waals surface area contributed by atoms with Crippen molar-refractivity contribution >= 4 is 21.6 Å². The van der Waals surface area contributed by atoms with Crippen molar-refractivity contribution in [2.24, 2.45) is 0 Å². The van der Waals surface area contributed by atoms with Gasteiger partial charge >= 0.3 is 0 Å². The molecule has 0 N–H and O–H groups in total. The Hall–Kier alpha value is -2.19. The summed E-state index contributed by atoms with van der Waals surface area (Å²) in [5, 5.41) is 0.420. The molecule has 0 aliphatic carbocycles. The maximum absolute atomic E-state index is 12.9. The lowest BCUT2D eigenvalue weighted by Gasteiger charge is -2.03. The standard InChI is InChI=1S/C18H15F2NO3S2/c19-14-4-2-13(3-5-14)17-12-21-18(24-17)25-10-1-11-26(22,23)16-8-6-15(20)7-9-16/h2-9,12H,1,10-11H2. The molecule has 0 atom stereocenters. The van der Waals surface area contributed by atoms with E-state index in [9.17, 15) is 17.2 Å². The summed E-state index contributed by atoms with van der Waals surface area (Å²) in [5.41, 5.74) is 0.713. The number of benzene rings is 2. The predicted octanol–water partition coefficient (Wildman–Crippen LogP) is 4.58. The quantitative estimate of drug-likeness (QED) is 0.333. The molecular weight excluding hydrogens is 380 g/mol. The summed E-state index contributed by atoms with van der Waals surface area (Å²) in [6.07, 6.45) is 1.95. The molecule has 0 unspecified atom stereocenters. The minimum absolute atomic E-state index is 0.0445. The zero-order valence-corrected chi connectivity index (χ0v) is 15.2. The van der Waals surface area contributed by atoms with Crippen LogP contribution in [0, 0.1) is 11.6 Å². The van der Waals surface area contributed by atoms with E-state index in [2.05, 4.69) is 4.98 Å². The normalized spacial score (nSPS) is 11.6. The van der Waals surface area contributed by atoms with E-state index in [1.165, 1.54) is 36.0 Å². The van der Waals surface area contributed by atoms with Crippen molar-refractivity contribution in [3.8, 4) is 11.3 Å². The zero-order chi connectivity index (χ0) is 18.6. The van der Waals surface area contributed by atoms with Crippen LogP contribution in [0.2, 0.25) is 0 Å². The summed E-state index contributed by atoms with van der Waals surface area (Å²) < 4.78 is 55.7. The van der Waals surface area contributed by atoms with Crippen LogP contribution in [0.5, 0.6) is 0 Å². The van der Waals surface area contributed by atoms with Gasteiger partial charge in [-0.15, -0.1) is 0 Å². The molecule has 2 aromatic carbocycles. The monoisotopic (exact) mass is 395 g/mol. The molecule has 0 fully saturated rings. The van der Waals surface area contributed by atoms with Gasteiger partial charge in [-0.3, -0.25) is 0 Å². The van der Waals surface area contributed by atoms with Gasteiger partial charge in [-0.05, 0) is 55.0 Å². The molecular formula is C18H15F2NO3S2. The highest BCUT2D eigenvalue weighted by molar-refractivity contribution is 7.99. The number of sulfone groups is 1. The first-order valence-corrected chi connectivity index (χ1v) is 10.4. The van der Waals surface area contributed by atoms with Gasteiger partial charge in [0.25, 0.3) is 5.22 Å². The first kappa shape index (κ1) is 18.6. The van der Waals surface area contributed by atoms with Crippen molar-refractivity contribution in [3.63, 3.8) is 0 Å². The minimum atomic E-state index is -3.44. The molecule has 0 amide bonds. The van der Waals surface area contributed by atoms with Crippen molar-refractivity contribution in [1.82, 2.24) is 4.98 Å². The average molecular weight is 395 g/mol. The molecule has 26 heavy (non-hydrogen) atoms. The van der Waals surface area contributed by atoms with E-state index in [0.717, 1.165) is 12.1 Å². The molecule has 8 heteroatoms. The van der Waals surface area contributed by atoms with Crippen molar-refractivity contribution in [1.29, 1.82) is 0 Å². The summed E-state index contributed by atoms with van der Waals surface area (Å²) in [5.74, 6) is 0.179. The smallest absolute Gasteiger partial charge is 0.256 e. The summed E-state index contributed by atoms with van der Waals surface area (Å²) in [6, 6.07) is 10.7. The Morgan fingerprint density at radius 2 is 1.58 bits per heavy atom. The molecule has 0 aliphatic heterocycles. The number of hydrogen-bond acceptors (Lipinski definition) is 5. The first-order valence-electron chi connectivity index (χ1n) is 7.77. The fraction of sp³-hybridized carbons (Fsp3) is 0.167. The second-order valence-corrected chi connectivity index (χ2v) is 8.63. The Balaban J connectivity index is 1.52. The Kier molecular flexibility index (Phi) is 5.73. The van der Waals surface area contributed by atoms with E-state index in [-0.39, 0.29) is 16.5 Å². The highest BCUT2D eigenvalue weighted by atomic mass is 32.2. The third kappa shape index (κ3) is 4.70. The van der Waals surface area contributed by atoms with Crippen LogP contribution in [-0.4, -0.2) is 24.9 Å². The van der Waals surface area contributed by atoms with Gasteiger partial charge in [-0.25, -0.2) is 22.2 Å². The lowest BCUT2D eigenvalue weighted by Crippen LogP contribution is -2.07. The van der Waals surface area contributed by atoms with Gasteiger partial charge in [-0.1, -0.05) is 11.8 Å².